The van der Waals surface area contributed by atoms with Crippen molar-refractivity contribution in [1.82, 2.24) is 10.2 Å². The van der Waals surface area contributed by atoms with Gasteiger partial charge in [-0.2, -0.15) is 0 Å². The van der Waals surface area contributed by atoms with Gasteiger partial charge in [0.05, 0.1) is 7.11 Å². The highest BCUT2D eigenvalue weighted by Crippen LogP contribution is 2.34. The third-order valence-corrected chi connectivity index (χ3v) is 3.99. The van der Waals surface area contributed by atoms with Crippen molar-refractivity contribution in [3.05, 3.63) is 28.8 Å². The van der Waals surface area contributed by atoms with Crippen molar-refractivity contribution in [2.24, 2.45) is 0 Å². The number of nitrogens with one attached hydrogen (secondary N) is 1. The number of hydrogen-bond acceptors (Lipinski definition) is 3. The summed E-state index contributed by atoms with van der Waals surface area (Å²) in [6.07, 6.45) is 2.26. The van der Waals surface area contributed by atoms with E-state index in [0.717, 1.165) is 43.4 Å². The first-order valence-corrected chi connectivity index (χ1v) is 7.42. The zero-order chi connectivity index (χ0) is 13.7. The van der Waals surface area contributed by atoms with Gasteiger partial charge in [-0.05, 0) is 37.6 Å². The van der Waals surface area contributed by atoms with Gasteiger partial charge in [-0.1, -0.05) is 18.5 Å². The second-order valence-corrected chi connectivity index (χ2v) is 5.39. The quantitative estimate of drug-likeness (QED) is 0.918. The number of rotatable bonds is 4. The molecule has 19 heavy (non-hydrogen) atoms. The van der Waals surface area contributed by atoms with E-state index in [1.165, 1.54) is 12.0 Å². The van der Waals surface area contributed by atoms with Gasteiger partial charge in [-0.15, -0.1) is 0 Å². The van der Waals surface area contributed by atoms with E-state index in [4.69, 9.17) is 16.3 Å². The Kier molecular flexibility index (Phi) is 5.49. The van der Waals surface area contributed by atoms with Crippen molar-refractivity contribution in [2.45, 2.75) is 25.8 Å². The Morgan fingerprint density at radius 3 is 2.95 bits per heavy atom. The highest BCUT2D eigenvalue weighted by Gasteiger charge is 2.22. The molecule has 1 fully saturated rings. The molecule has 0 radical (unpaired) electrons. The van der Waals surface area contributed by atoms with Crippen molar-refractivity contribution in [3.8, 4) is 5.75 Å². The maximum absolute atomic E-state index is 6.16. The molecule has 1 N–H and O–H groups in total. The Morgan fingerprint density at radius 2 is 2.21 bits per heavy atom. The van der Waals surface area contributed by atoms with Crippen molar-refractivity contribution in [3.63, 3.8) is 0 Å². The van der Waals surface area contributed by atoms with Crippen LogP contribution in [0.1, 0.15) is 31.4 Å². The number of hydrogen-bond donors (Lipinski definition) is 1. The standard InChI is InChI=1S/C15H23ClN2O/c1-3-14(18-9-4-7-17-8-10-18)13-11-12(16)5-6-15(13)19-2/h5-6,11,14,17H,3-4,7-10H2,1-2H3. The average Bonchev–Trinajstić information content (AvgIpc) is 2.69. The first-order valence-electron chi connectivity index (χ1n) is 7.04. The SMILES string of the molecule is CCC(c1cc(Cl)ccc1OC)N1CCCNCC1. The maximum atomic E-state index is 6.16. The molecule has 3 nitrogen and oxygen atoms in total. The Labute approximate surface area is 120 Å². The molecule has 1 aromatic carbocycles. The largest absolute Gasteiger partial charge is 0.496 e. The lowest BCUT2D eigenvalue weighted by Gasteiger charge is -2.31. The summed E-state index contributed by atoms with van der Waals surface area (Å²) in [5.41, 5.74) is 1.21. The molecule has 1 aliphatic rings. The monoisotopic (exact) mass is 282 g/mol. The molecule has 1 heterocycles. The number of nitrogens with zero attached hydrogens (tertiary/aromatic N) is 1. The molecule has 0 aromatic heterocycles. The molecule has 1 atom stereocenters. The van der Waals surface area contributed by atoms with Crippen LogP contribution in [0.15, 0.2) is 18.2 Å². The van der Waals surface area contributed by atoms with Crippen LogP contribution in [0.5, 0.6) is 5.75 Å². The van der Waals surface area contributed by atoms with Gasteiger partial charge in [-0.3, -0.25) is 4.90 Å². The number of halogens is 1. The molecule has 0 bridgehead atoms. The first-order chi connectivity index (χ1) is 9.26. The van der Waals surface area contributed by atoms with E-state index in [1.807, 2.05) is 18.2 Å². The van der Waals surface area contributed by atoms with Gasteiger partial charge in [-0.25, -0.2) is 0 Å². The normalized spacial score (nSPS) is 18.9. The van der Waals surface area contributed by atoms with Crippen LogP contribution < -0.4 is 10.1 Å². The van der Waals surface area contributed by atoms with Gasteiger partial charge in [0, 0.05) is 36.3 Å². The first kappa shape index (κ1) is 14.6. The fraction of sp³-hybridized carbons (Fsp3) is 0.600. The fourth-order valence-corrected chi connectivity index (χ4v) is 3.00. The van der Waals surface area contributed by atoms with Crippen molar-refractivity contribution in [2.75, 3.05) is 33.3 Å². The van der Waals surface area contributed by atoms with Crippen LogP contribution in [0.25, 0.3) is 0 Å². The van der Waals surface area contributed by atoms with Crippen LogP contribution in [-0.2, 0) is 0 Å². The third kappa shape index (κ3) is 3.62. The minimum atomic E-state index is 0.383. The molecule has 1 saturated heterocycles. The smallest absolute Gasteiger partial charge is 0.123 e. The zero-order valence-electron chi connectivity index (χ0n) is 11.8. The molecule has 1 aliphatic heterocycles. The maximum Gasteiger partial charge on any atom is 0.123 e. The second-order valence-electron chi connectivity index (χ2n) is 4.95. The van der Waals surface area contributed by atoms with Gasteiger partial charge in [0.15, 0.2) is 0 Å². The van der Waals surface area contributed by atoms with Crippen molar-refractivity contribution in [1.29, 1.82) is 0 Å². The molecular formula is C15H23ClN2O. The van der Waals surface area contributed by atoms with E-state index in [9.17, 15) is 0 Å². The molecule has 0 spiro atoms. The Hall–Kier alpha value is -0.770. The topological polar surface area (TPSA) is 24.5 Å². The van der Waals surface area contributed by atoms with Crippen LogP contribution in [0.2, 0.25) is 5.02 Å². The van der Waals surface area contributed by atoms with Crippen LogP contribution >= 0.6 is 11.6 Å². The molecular weight excluding hydrogens is 260 g/mol. The zero-order valence-corrected chi connectivity index (χ0v) is 12.5. The lowest BCUT2D eigenvalue weighted by Crippen LogP contribution is -2.32. The summed E-state index contributed by atoms with van der Waals surface area (Å²) in [4.78, 5) is 2.54. The van der Waals surface area contributed by atoms with E-state index in [1.54, 1.807) is 7.11 Å². The summed E-state index contributed by atoms with van der Waals surface area (Å²) < 4.78 is 5.50. The van der Waals surface area contributed by atoms with Gasteiger partial charge in [0.2, 0.25) is 0 Å². The minimum Gasteiger partial charge on any atom is -0.496 e. The summed E-state index contributed by atoms with van der Waals surface area (Å²) in [6, 6.07) is 6.29. The third-order valence-electron chi connectivity index (χ3n) is 3.75. The van der Waals surface area contributed by atoms with Gasteiger partial charge in [0.1, 0.15) is 5.75 Å². The predicted molar refractivity (Wildman–Crippen MR) is 80.1 cm³/mol. The Morgan fingerprint density at radius 1 is 1.37 bits per heavy atom. The van der Waals surface area contributed by atoms with Crippen LogP contribution in [-0.4, -0.2) is 38.2 Å². The van der Waals surface area contributed by atoms with E-state index < -0.39 is 0 Å². The van der Waals surface area contributed by atoms with Crippen molar-refractivity contribution >= 4 is 11.6 Å². The summed E-state index contributed by atoms with van der Waals surface area (Å²) >= 11 is 6.16. The average molecular weight is 283 g/mol. The predicted octanol–water partition coefficient (Wildman–Crippen LogP) is 3.10. The van der Waals surface area contributed by atoms with Gasteiger partial charge in [0.25, 0.3) is 0 Å². The lowest BCUT2D eigenvalue weighted by molar-refractivity contribution is 0.201. The van der Waals surface area contributed by atoms with E-state index in [-0.39, 0.29) is 0 Å². The molecule has 2 rings (SSSR count). The Bertz CT molecular complexity index is 403. The molecule has 0 aliphatic carbocycles. The van der Waals surface area contributed by atoms with Crippen molar-refractivity contribution < 1.29 is 4.74 Å². The minimum absolute atomic E-state index is 0.383. The van der Waals surface area contributed by atoms with Gasteiger partial charge >= 0.3 is 0 Å². The highest BCUT2D eigenvalue weighted by atomic mass is 35.5. The van der Waals surface area contributed by atoms with Crippen LogP contribution in [0.3, 0.4) is 0 Å². The highest BCUT2D eigenvalue weighted by molar-refractivity contribution is 6.30. The molecule has 0 saturated carbocycles. The summed E-state index contributed by atoms with van der Waals surface area (Å²) in [5.74, 6) is 0.938. The van der Waals surface area contributed by atoms with Crippen LogP contribution in [0.4, 0.5) is 0 Å². The Balaban J connectivity index is 2.26. The molecule has 106 valence electrons. The summed E-state index contributed by atoms with van der Waals surface area (Å²) in [7, 11) is 1.73. The molecule has 0 amide bonds. The molecule has 1 unspecified atom stereocenters. The fourth-order valence-electron chi connectivity index (χ4n) is 2.82. The molecule has 1 aromatic rings. The number of benzene rings is 1. The lowest BCUT2D eigenvalue weighted by atomic mass is 10.0. The van der Waals surface area contributed by atoms with E-state index in [0.29, 0.717) is 6.04 Å². The second kappa shape index (κ2) is 7.13. The van der Waals surface area contributed by atoms with E-state index in [2.05, 4.69) is 17.1 Å². The number of ether oxygens (including phenoxy) is 1. The number of methoxy groups -OCH3 is 1. The molecule has 4 heteroatoms. The van der Waals surface area contributed by atoms with Gasteiger partial charge < -0.3 is 10.1 Å². The van der Waals surface area contributed by atoms with Crippen LogP contribution in [0, 0.1) is 0 Å². The summed E-state index contributed by atoms with van der Waals surface area (Å²) in [6.45, 7) is 6.59. The van der Waals surface area contributed by atoms with E-state index >= 15 is 0 Å². The summed E-state index contributed by atoms with van der Waals surface area (Å²) in [5, 5.41) is 4.23.